The van der Waals surface area contributed by atoms with Crippen LogP contribution in [0.2, 0.25) is 0 Å². The van der Waals surface area contributed by atoms with E-state index >= 15 is 0 Å². The van der Waals surface area contributed by atoms with Crippen molar-refractivity contribution in [3.8, 4) is 5.75 Å². The summed E-state index contributed by atoms with van der Waals surface area (Å²) in [6.45, 7) is 2.05. The first-order valence-electron chi connectivity index (χ1n) is 10.5. The molecule has 0 saturated carbocycles. The first-order valence-corrected chi connectivity index (χ1v) is 11.3. The fourth-order valence-electron chi connectivity index (χ4n) is 3.36. The Kier molecular flexibility index (Phi) is 7.04. The number of aromatic amines is 1. The fraction of sp³-hybridized carbons (Fsp3) is 0.160. The minimum Gasteiger partial charge on any atom is -0.488 e. The van der Waals surface area contributed by atoms with Gasteiger partial charge < -0.3 is 9.84 Å². The van der Waals surface area contributed by atoms with Crippen molar-refractivity contribution in [2.24, 2.45) is 0 Å². The molecule has 3 aromatic carbocycles. The van der Waals surface area contributed by atoms with Crippen LogP contribution in [0.15, 0.2) is 70.7 Å². The number of nitrogens with zero attached hydrogens (tertiary/aromatic N) is 2. The van der Waals surface area contributed by atoms with Crippen LogP contribution in [-0.4, -0.2) is 26.3 Å². The van der Waals surface area contributed by atoms with Crippen LogP contribution in [0.3, 0.4) is 0 Å². The van der Waals surface area contributed by atoms with Crippen LogP contribution in [0.5, 0.6) is 5.75 Å². The first kappa shape index (κ1) is 22.5. The highest BCUT2D eigenvalue weighted by atomic mass is 32.2. The van der Waals surface area contributed by atoms with Crippen LogP contribution in [0.4, 0.5) is 4.39 Å². The monoisotopic (exact) mass is 463 g/mol. The SMILES string of the molecule is CCCc1nc(S/C(=C\c2c(OCc3ccccc3F)ccc3ccccc23)C(=O)O)n[nH]1. The van der Waals surface area contributed by atoms with Crippen molar-refractivity contribution < 1.29 is 19.0 Å². The second-order valence-corrected chi connectivity index (χ2v) is 8.32. The number of hydrogen-bond acceptors (Lipinski definition) is 5. The molecule has 4 aromatic rings. The normalized spacial score (nSPS) is 11.6. The van der Waals surface area contributed by atoms with Crippen LogP contribution >= 0.6 is 11.8 Å². The molecule has 0 bridgehead atoms. The molecule has 0 atom stereocenters. The molecule has 168 valence electrons. The maximum absolute atomic E-state index is 14.1. The third kappa shape index (κ3) is 5.40. The van der Waals surface area contributed by atoms with Crippen molar-refractivity contribution in [3.63, 3.8) is 0 Å². The van der Waals surface area contributed by atoms with E-state index in [0.717, 1.165) is 35.4 Å². The molecule has 4 rings (SSSR count). The van der Waals surface area contributed by atoms with E-state index in [1.54, 1.807) is 30.3 Å². The van der Waals surface area contributed by atoms with Gasteiger partial charge in [0.2, 0.25) is 5.16 Å². The number of fused-ring (bicyclic) bond motifs is 1. The van der Waals surface area contributed by atoms with E-state index in [9.17, 15) is 14.3 Å². The summed E-state index contributed by atoms with van der Waals surface area (Å²) in [5.41, 5.74) is 1.01. The summed E-state index contributed by atoms with van der Waals surface area (Å²) < 4.78 is 20.0. The third-order valence-corrected chi connectivity index (χ3v) is 5.83. The van der Waals surface area contributed by atoms with Crippen LogP contribution in [0, 0.1) is 5.82 Å². The van der Waals surface area contributed by atoms with Gasteiger partial charge in [-0.3, -0.25) is 5.10 Å². The zero-order valence-corrected chi connectivity index (χ0v) is 18.7. The van der Waals surface area contributed by atoms with Gasteiger partial charge in [0.05, 0.1) is 0 Å². The number of rotatable bonds is 9. The molecule has 1 heterocycles. The van der Waals surface area contributed by atoms with E-state index < -0.39 is 5.97 Å². The zero-order valence-electron chi connectivity index (χ0n) is 17.9. The highest BCUT2D eigenvalue weighted by Crippen LogP contribution is 2.34. The summed E-state index contributed by atoms with van der Waals surface area (Å²) in [6.07, 6.45) is 3.19. The van der Waals surface area contributed by atoms with Crippen molar-refractivity contribution in [3.05, 3.63) is 88.3 Å². The Bertz CT molecular complexity index is 1320. The number of nitrogens with one attached hydrogen (secondary N) is 1. The van der Waals surface area contributed by atoms with Gasteiger partial charge in [0.25, 0.3) is 0 Å². The number of carboxylic acids is 1. The number of hydrogen-bond donors (Lipinski definition) is 2. The number of aromatic nitrogens is 3. The van der Waals surface area contributed by atoms with Gasteiger partial charge in [0.15, 0.2) is 0 Å². The molecule has 0 unspecified atom stereocenters. The lowest BCUT2D eigenvalue weighted by atomic mass is 10.0. The van der Waals surface area contributed by atoms with Crippen molar-refractivity contribution in [1.29, 1.82) is 0 Å². The number of thioether (sulfide) groups is 1. The lowest BCUT2D eigenvalue weighted by molar-refractivity contribution is -0.131. The van der Waals surface area contributed by atoms with Crippen LogP contribution < -0.4 is 4.74 Å². The van der Waals surface area contributed by atoms with Gasteiger partial charge >= 0.3 is 5.97 Å². The van der Waals surface area contributed by atoms with E-state index in [1.165, 1.54) is 6.07 Å². The molecule has 0 saturated heterocycles. The number of carboxylic acid groups (broad SMARTS) is 1. The average Bonchev–Trinajstić information content (AvgIpc) is 3.26. The molecule has 6 nitrogen and oxygen atoms in total. The maximum Gasteiger partial charge on any atom is 0.342 e. The largest absolute Gasteiger partial charge is 0.488 e. The molecule has 0 aliphatic carbocycles. The number of benzene rings is 3. The molecule has 8 heteroatoms. The number of aryl methyl sites for hydroxylation is 1. The number of ether oxygens (including phenoxy) is 1. The van der Waals surface area contributed by atoms with Gasteiger partial charge in [-0.15, -0.1) is 5.10 Å². The zero-order chi connectivity index (χ0) is 23.2. The third-order valence-electron chi connectivity index (χ3n) is 4.96. The summed E-state index contributed by atoms with van der Waals surface area (Å²) in [5.74, 6) is -0.291. The molecule has 0 amide bonds. The second kappa shape index (κ2) is 10.3. The Labute approximate surface area is 194 Å². The topological polar surface area (TPSA) is 88.1 Å². The van der Waals surface area contributed by atoms with Crippen LogP contribution in [0.1, 0.15) is 30.3 Å². The van der Waals surface area contributed by atoms with Crippen molar-refractivity contribution in [2.75, 3.05) is 0 Å². The van der Waals surface area contributed by atoms with Gasteiger partial charge in [-0.05, 0) is 47.2 Å². The smallest absolute Gasteiger partial charge is 0.342 e. The molecule has 0 aliphatic rings. The number of carbonyl (C=O) groups is 1. The first-order chi connectivity index (χ1) is 16.0. The minimum atomic E-state index is -1.10. The summed E-state index contributed by atoms with van der Waals surface area (Å²) >= 11 is 0.965. The van der Waals surface area contributed by atoms with Crippen molar-refractivity contribution >= 4 is 34.6 Å². The number of aliphatic carboxylic acids is 1. The predicted molar refractivity (Wildman–Crippen MR) is 127 cm³/mol. The molecule has 0 radical (unpaired) electrons. The molecule has 0 aliphatic heterocycles. The van der Waals surface area contributed by atoms with E-state index in [2.05, 4.69) is 15.2 Å². The molecule has 33 heavy (non-hydrogen) atoms. The lowest BCUT2D eigenvalue weighted by Crippen LogP contribution is -2.01. The van der Waals surface area contributed by atoms with Crippen LogP contribution in [-0.2, 0) is 17.8 Å². The Morgan fingerprint density at radius 3 is 2.73 bits per heavy atom. The fourth-order valence-corrected chi connectivity index (χ4v) is 4.07. The molecular formula is C25H22FN3O3S. The van der Waals surface area contributed by atoms with Crippen molar-refractivity contribution in [1.82, 2.24) is 15.2 Å². The van der Waals surface area contributed by atoms with Crippen molar-refractivity contribution in [2.45, 2.75) is 31.5 Å². The van der Waals surface area contributed by atoms with E-state index in [1.807, 2.05) is 37.3 Å². The summed E-state index contributed by atoms with van der Waals surface area (Å²) in [6, 6.07) is 17.7. The Hall–Kier alpha value is -3.65. The highest BCUT2D eigenvalue weighted by Gasteiger charge is 2.17. The average molecular weight is 464 g/mol. The van der Waals surface area contributed by atoms with E-state index in [-0.39, 0.29) is 17.3 Å². The van der Waals surface area contributed by atoms with E-state index in [0.29, 0.717) is 27.9 Å². The maximum atomic E-state index is 14.1. The minimum absolute atomic E-state index is 0.0166. The lowest BCUT2D eigenvalue weighted by Gasteiger charge is -2.13. The Balaban J connectivity index is 1.72. The molecular weight excluding hydrogens is 441 g/mol. The number of H-pyrrole nitrogens is 1. The molecule has 0 fully saturated rings. The van der Waals surface area contributed by atoms with Gasteiger partial charge in [-0.25, -0.2) is 14.2 Å². The number of halogens is 1. The van der Waals surface area contributed by atoms with Gasteiger partial charge in [0, 0.05) is 17.5 Å². The van der Waals surface area contributed by atoms with Crippen LogP contribution in [0.25, 0.3) is 16.8 Å². The summed E-state index contributed by atoms with van der Waals surface area (Å²) in [4.78, 5) is 16.5. The van der Waals surface area contributed by atoms with E-state index in [4.69, 9.17) is 4.74 Å². The predicted octanol–water partition coefficient (Wildman–Crippen LogP) is 5.85. The van der Waals surface area contributed by atoms with Gasteiger partial charge in [-0.2, -0.15) is 0 Å². The Morgan fingerprint density at radius 1 is 1.15 bits per heavy atom. The summed E-state index contributed by atoms with van der Waals surface area (Å²) in [7, 11) is 0. The van der Waals surface area contributed by atoms with Gasteiger partial charge in [0.1, 0.15) is 28.9 Å². The van der Waals surface area contributed by atoms with Gasteiger partial charge in [-0.1, -0.05) is 55.5 Å². The highest BCUT2D eigenvalue weighted by molar-refractivity contribution is 8.04. The molecule has 2 N–H and O–H groups in total. The standard InChI is InChI=1S/C25H22FN3O3S/c1-2-7-23-27-25(29-28-23)33-22(24(30)31)14-19-18-10-5-3-8-16(18)12-13-21(19)32-15-17-9-4-6-11-20(17)26/h3-6,8-14H,2,7,15H2,1H3,(H,30,31)(H,27,28,29)/b22-14-. The summed E-state index contributed by atoms with van der Waals surface area (Å²) in [5, 5.41) is 18.9. The second-order valence-electron chi connectivity index (χ2n) is 7.31. The molecule has 1 aromatic heterocycles. The molecule has 0 spiro atoms. The Morgan fingerprint density at radius 2 is 1.94 bits per heavy atom. The quantitative estimate of drug-likeness (QED) is 0.239.